The van der Waals surface area contributed by atoms with Crippen LogP contribution in [0.25, 0.3) is 0 Å². The van der Waals surface area contributed by atoms with Gasteiger partial charge in [0.25, 0.3) is 0 Å². The molecule has 0 bridgehead atoms. The van der Waals surface area contributed by atoms with Crippen LogP contribution in [0.5, 0.6) is 0 Å². The fraction of sp³-hybridized carbons (Fsp3) is 0.786. The second kappa shape index (κ2) is 7.40. The molecule has 2 atom stereocenters. The molecule has 0 aliphatic carbocycles. The number of aliphatic hydroxyl groups excluding tert-OH is 1. The number of nitrogens with one attached hydrogen (secondary N) is 2. The van der Waals surface area contributed by atoms with E-state index in [0.29, 0.717) is 18.1 Å². The Kier molecular flexibility index (Phi) is 6.14. The Morgan fingerprint density at radius 1 is 1.43 bits per heavy atom. The fourth-order valence-corrected chi connectivity index (χ4v) is 1.67. The molecule has 1 rings (SSSR count). The first kappa shape index (κ1) is 17.4. The molecule has 1 heterocycles. The van der Waals surface area contributed by atoms with Gasteiger partial charge in [-0.1, -0.05) is 39.3 Å². The van der Waals surface area contributed by atoms with Crippen LogP contribution >= 0.6 is 0 Å². The Hall–Kier alpha value is -1.63. The van der Waals surface area contributed by atoms with Crippen molar-refractivity contribution in [3.05, 3.63) is 11.7 Å². The molecule has 0 radical (unpaired) electrons. The van der Waals surface area contributed by atoms with Gasteiger partial charge >= 0.3 is 6.03 Å². The number of rotatable bonds is 6. The van der Waals surface area contributed by atoms with Gasteiger partial charge in [0.2, 0.25) is 5.89 Å². The van der Waals surface area contributed by atoms with Crippen molar-refractivity contribution in [2.75, 3.05) is 6.54 Å². The summed E-state index contributed by atoms with van der Waals surface area (Å²) in [6.45, 7) is 9.93. The minimum Gasteiger partial charge on any atom is -0.391 e. The summed E-state index contributed by atoms with van der Waals surface area (Å²) in [5.41, 5.74) is -0.200. The zero-order chi connectivity index (χ0) is 16.0. The monoisotopic (exact) mass is 298 g/mol. The Morgan fingerprint density at radius 2 is 2.10 bits per heavy atom. The summed E-state index contributed by atoms with van der Waals surface area (Å²) in [4.78, 5) is 16.0. The predicted molar refractivity (Wildman–Crippen MR) is 78.9 cm³/mol. The highest BCUT2D eigenvalue weighted by Gasteiger charge is 2.23. The van der Waals surface area contributed by atoms with Crippen LogP contribution in [0.3, 0.4) is 0 Å². The Balaban J connectivity index is 2.47. The molecule has 120 valence electrons. The lowest BCUT2D eigenvalue weighted by molar-refractivity contribution is 0.159. The van der Waals surface area contributed by atoms with Crippen LogP contribution in [-0.2, 0) is 5.41 Å². The zero-order valence-electron chi connectivity index (χ0n) is 13.4. The average Bonchev–Trinajstić information content (AvgIpc) is 2.86. The van der Waals surface area contributed by atoms with E-state index in [-0.39, 0.29) is 18.0 Å². The van der Waals surface area contributed by atoms with Gasteiger partial charge < -0.3 is 20.3 Å². The van der Waals surface area contributed by atoms with Crippen LogP contribution in [0, 0.1) is 0 Å². The quantitative estimate of drug-likeness (QED) is 0.744. The predicted octanol–water partition coefficient (Wildman–Crippen LogP) is 1.89. The summed E-state index contributed by atoms with van der Waals surface area (Å²) in [7, 11) is 0. The minimum atomic E-state index is -0.521. The molecule has 3 N–H and O–H groups in total. The molecule has 0 aliphatic heterocycles. The van der Waals surface area contributed by atoms with Crippen LogP contribution in [0.1, 0.15) is 65.2 Å². The molecule has 0 spiro atoms. The number of hydrogen-bond acceptors (Lipinski definition) is 5. The van der Waals surface area contributed by atoms with Gasteiger partial charge in [0.05, 0.1) is 6.10 Å². The van der Waals surface area contributed by atoms with Gasteiger partial charge in [-0.15, -0.1) is 0 Å². The zero-order valence-corrected chi connectivity index (χ0v) is 13.4. The topological polar surface area (TPSA) is 100 Å². The van der Waals surface area contributed by atoms with Crippen molar-refractivity contribution >= 4 is 6.03 Å². The highest BCUT2D eigenvalue weighted by Crippen LogP contribution is 2.20. The number of amides is 2. The molecule has 21 heavy (non-hydrogen) atoms. The van der Waals surface area contributed by atoms with Crippen LogP contribution in [0.2, 0.25) is 0 Å². The molecule has 0 aliphatic rings. The molecular weight excluding hydrogens is 272 g/mol. The highest BCUT2D eigenvalue weighted by atomic mass is 16.5. The van der Waals surface area contributed by atoms with Crippen LogP contribution in [-0.4, -0.2) is 33.9 Å². The first-order chi connectivity index (χ1) is 9.74. The molecule has 0 fully saturated rings. The number of aromatic nitrogens is 2. The first-order valence-corrected chi connectivity index (χ1v) is 7.30. The van der Waals surface area contributed by atoms with E-state index < -0.39 is 12.1 Å². The van der Waals surface area contributed by atoms with E-state index in [9.17, 15) is 9.90 Å². The second-order valence-electron chi connectivity index (χ2n) is 6.22. The Morgan fingerprint density at radius 3 is 2.62 bits per heavy atom. The Bertz CT molecular complexity index is 453. The summed E-state index contributed by atoms with van der Waals surface area (Å²) in [6, 6.07) is -0.759. The summed E-state index contributed by atoms with van der Waals surface area (Å²) in [5.74, 6) is 0.967. The first-order valence-electron chi connectivity index (χ1n) is 7.30. The lowest BCUT2D eigenvalue weighted by Crippen LogP contribution is -2.40. The number of nitrogens with zero attached hydrogens (tertiary/aromatic N) is 2. The molecule has 0 aromatic carbocycles. The van der Waals surface area contributed by atoms with Crippen molar-refractivity contribution in [2.24, 2.45) is 0 Å². The van der Waals surface area contributed by atoms with Crippen molar-refractivity contribution in [3.63, 3.8) is 0 Å². The van der Waals surface area contributed by atoms with E-state index in [4.69, 9.17) is 4.52 Å². The van der Waals surface area contributed by atoms with Gasteiger partial charge in [-0.05, 0) is 13.3 Å². The molecular formula is C14H26N4O3. The van der Waals surface area contributed by atoms with Gasteiger partial charge in [0, 0.05) is 12.0 Å². The van der Waals surface area contributed by atoms with E-state index in [1.54, 1.807) is 6.92 Å². The third-order valence-corrected chi connectivity index (χ3v) is 2.95. The number of urea groups is 1. The lowest BCUT2D eigenvalue weighted by Gasteiger charge is -2.14. The maximum Gasteiger partial charge on any atom is 0.315 e. The third-order valence-electron chi connectivity index (χ3n) is 2.95. The molecule has 1 aromatic heterocycles. The number of hydrogen-bond donors (Lipinski definition) is 3. The summed E-state index contributed by atoms with van der Waals surface area (Å²) < 4.78 is 5.16. The third kappa shape index (κ3) is 5.71. The second-order valence-corrected chi connectivity index (χ2v) is 6.22. The van der Waals surface area contributed by atoms with Crippen LogP contribution in [0.15, 0.2) is 4.52 Å². The lowest BCUT2D eigenvalue weighted by atomic mass is 9.96. The smallest absolute Gasteiger partial charge is 0.315 e. The number of aliphatic hydroxyl groups is 1. The standard InChI is InChI=1S/C14H26N4O3/c1-6-7-10(19)8-15-13(20)16-9(2)11-17-12(18-21-11)14(3,4)5/h9-10,19H,6-8H2,1-5H3,(H2,15,16,20). The van der Waals surface area contributed by atoms with Gasteiger partial charge in [-0.3, -0.25) is 0 Å². The van der Waals surface area contributed by atoms with Gasteiger partial charge in [0.1, 0.15) is 6.04 Å². The summed E-state index contributed by atoms with van der Waals surface area (Å²) >= 11 is 0. The number of carbonyl (C=O) groups excluding carboxylic acids is 1. The van der Waals surface area contributed by atoms with E-state index in [2.05, 4.69) is 20.8 Å². The van der Waals surface area contributed by atoms with Gasteiger partial charge in [-0.25, -0.2) is 4.79 Å². The molecule has 1 aromatic rings. The van der Waals surface area contributed by atoms with Gasteiger partial charge in [-0.2, -0.15) is 4.98 Å². The van der Waals surface area contributed by atoms with E-state index in [1.807, 2.05) is 27.7 Å². The van der Waals surface area contributed by atoms with E-state index in [0.717, 1.165) is 6.42 Å². The highest BCUT2D eigenvalue weighted by molar-refractivity contribution is 5.74. The van der Waals surface area contributed by atoms with E-state index >= 15 is 0 Å². The van der Waals surface area contributed by atoms with Crippen molar-refractivity contribution < 1.29 is 14.4 Å². The normalized spacial score (nSPS) is 14.6. The molecule has 2 amide bonds. The molecule has 7 nitrogen and oxygen atoms in total. The SMILES string of the molecule is CCCC(O)CNC(=O)NC(C)c1nc(C(C)(C)C)no1. The average molecular weight is 298 g/mol. The van der Waals surface area contributed by atoms with Crippen molar-refractivity contribution in [1.29, 1.82) is 0 Å². The maximum absolute atomic E-state index is 11.7. The minimum absolute atomic E-state index is 0.200. The number of carbonyl (C=O) groups is 1. The van der Waals surface area contributed by atoms with Gasteiger partial charge in [0.15, 0.2) is 5.82 Å². The van der Waals surface area contributed by atoms with Crippen molar-refractivity contribution in [2.45, 2.75) is 65.0 Å². The molecule has 0 saturated heterocycles. The fourth-order valence-electron chi connectivity index (χ4n) is 1.67. The van der Waals surface area contributed by atoms with Crippen molar-refractivity contribution in [3.8, 4) is 0 Å². The maximum atomic E-state index is 11.7. The van der Waals surface area contributed by atoms with Crippen molar-refractivity contribution in [1.82, 2.24) is 20.8 Å². The van der Waals surface area contributed by atoms with Crippen LogP contribution < -0.4 is 10.6 Å². The Labute approximate surface area is 125 Å². The van der Waals surface area contributed by atoms with Crippen LogP contribution in [0.4, 0.5) is 4.79 Å². The van der Waals surface area contributed by atoms with E-state index in [1.165, 1.54) is 0 Å². The summed E-state index contributed by atoms with van der Waals surface area (Å²) in [5, 5.41) is 18.8. The largest absolute Gasteiger partial charge is 0.391 e. The molecule has 7 heteroatoms. The molecule has 0 saturated carbocycles. The molecule has 2 unspecified atom stereocenters. The summed E-state index contributed by atoms with van der Waals surface area (Å²) in [6.07, 6.45) is 1.01.